The number of hydrogen-bond acceptors (Lipinski definition) is 5. The zero-order valence-corrected chi connectivity index (χ0v) is 17.3. The van der Waals surface area contributed by atoms with Crippen LogP contribution in [0.5, 0.6) is 0 Å². The van der Waals surface area contributed by atoms with E-state index in [-0.39, 0.29) is 22.6 Å². The Balaban J connectivity index is 1.31. The van der Waals surface area contributed by atoms with Crippen molar-refractivity contribution >= 4 is 21.8 Å². The van der Waals surface area contributed by atoms with Gasteiger partial charge in [0.15, 0.2) is 0 Å². The average Bonchev–Trinajstić information content (AvgIpc) is 3.23. The highest BCUT2D eigenvalue weighted by Gasteiger charge is 2.37. The van der Waals surface area contributed by atoms with Gasteiger partial charge in [0.1, 0.15) is 0 Å². The summed E-state index contributed by atoms with van der Waals surface area (Å²) in [6, 6.07) is 6.61. The van der Waals surface area contributed by atoms with Gasteiger partial charge in [-0.3, -0.25) is 14.5 Å². The van der Waals surface area contributed by atoms with Gasteiger partial charge in [0, 0.05) is 43.7 Å². The number of sulfonamides is 1. The van der Waals surface area contributed by atoms with Gasteiger partial charge in [0.05, 0.1) is 4.90 Å². The average molecular weight is 421 g/mol. The highest BCUT2D eigenvalue weighted by Crippen LogP contribution is 2.25. The zero-order valence-electron chi connectivity index (χ0n) is 16.5. The van der Waals surface area contributed by atoms with Crippen LogP contribution in [0, 0.1) is 5.92 Å². The van der Waals surface area contributed by atoms with Crippen molar-refractivity contribution in [2.75, 3.05) is 39.3 Å². The molecule has 3 aliphatic rings. The Hall–Kier alpha value is -1.97. The smallest absolute Gasteiger partial charge is 0.253 e. The molecule has 0 aliphatic carbocycles. The van der Waals surface area contributed by atoms with Gasteiger partial charge < -0.3 is 10.6 Å². The fourth-order valence-corrected chi connectivity index (χ4v) is 5.95. The van der Waals surface area contributed by atoms with Crippen LogP contribution in [0.1, 0.15) is 36.0 Å². The zero-order chi connectivity index (χ0) is 20.6. The van der Waals surface area contributed by atoms with E-state index >= 15 is 0 Å². The van der Waals surface area contributed by atoms with Gasteiger partial charge in [-0.15, -0.1) is 0 Å². The maximum atomic E-state index is 12.7. The quantitative estimate of drug-likeness (QED) is 0.747. The number of rotatable bonds is 5. The summed E-state index contributed by atoms with van der Waals surface area (Å²) in [6.45, 7) is 4.12. The first-order valence-electron chi connectivity index (χ1n) is 10.3. The number of carbonyl (C=O) groups is 2. The minimum atomic E-state index is -3.46. The molecule has 2 N–H and O–H groups in total. The molecular weight excluding hydrogens is 392 g/mol. The summed E-state index contributed by atoms with van der Waals surface area (Å²) < 4.78 is 26.7. The lowest BCUT2D eigenvalue weighted by Crippen LogP contribution is -2.62. The van der Waals surface area contributed by atoms with E-state index in [0.717, 1.165) is 38.8 Å². The molecule has 0 saturated carbocycles. The van der Waals surface area contributed by atoms with Crippen LogP contribution in [0.3, 0.4) is 0 Å². The number of amides is 2. The fourth-order valence-electron chi connectivity index (χ4n) is 4.43. The van der Waals surface area contributed by atoms with Gasteiger partial charge in [0.25, 0.3) is 5.91 Å². The number of benzene rings is 1. The summed E-state index contributed by atoms with van der Waals surface area (Å²) in [6.07, 6.45) is 3.36. The van der Waals surface area contributed by atoms with E-state index in [0.29, 0.717) is 37.8 Å². The molecule has 1 aromatic carbocycles. The summed E-state index contributed by atoms with van der Waals surface area (Å²) in [5.74, 6) is -0.317. The lowest BCUT2D eigenvalue weighted by atomic mass is 9.93. The van der Waals surface area contributed by atoms with Crippen LogP contribution < -0.4 is 5.73 Å². The molecule has 9 heteroatoms. The molecule has 29 heavy (non-hydrogen) atoms. The highest BCUT2D eigenvalue weighted by molar-refractivity contribution is 7.89. The maximum absolute atomic E-state index is 12.7. The number of hydrogen-bond donors (Lipinski definition) is 1. The summed E-state index contributed by atoms with van der Waals surface area (Å²) in [5, 5.41) is 0. The third-order valence-corrected chi connectivity index (χ3v) is 8.31. The summed E-state index contributed by atoms with van der Waals surface area (Å²) in [5.41, 5.74) is 5.89. The van der Waals surface area contributed by atoms with E-state index in [1.807, 2.05) is 0 Å². The third-order valence-electron chi connectivity index (χ3n) is 6.40. The van der Waals surface area contributed by atoms with Crippen molar-refractivity contribution in [3.63, 3.8) is 0 Å². The first kappa shape index (κ1) is 20.3. The van der Waals surface area contributed by atoms with E-state index in [2.05, 4.69) is 4.90 Å². The van der Waals surface area contributed by atoms with Crippen LogP contribution in [-0.2, 0) is 14.8 Å². The summed E-state index contributed by atoms with van der Waals surface area (Å²) in [7, 11) is -3.46. The van der Waals surface area contributed by atoms with Crippen LogP contribution in [0.4, 0.5) is 0 Å². The Morgan fingerprint density at radius 3 is 2.07 bits per heavy atom. The van der Waals surface area contributed by atoms with E-state index in [4.69, 9.17) is 5.73 Å². The standard InChI is InChI=1S/C20H28N4O4S/c21-19(25)15-7-11-22(12-8-15)17-13-23(14-17)20(26)16-3-5-18(6-4-16)29(27,28)24-9-1-2-10-24/h3-6,15,17H,1-2,7-14H2,(H2,21,25). The molecule has 0 aromatic heterocycles. The number of piperidine rings is 1. The number of nitrogens with zero attached hydrogens (tertiary/aromatic N) is 3. The van der Waals surface area contributed by atoms with Gasteiger partial charge in [-0.25, -0.2) is 8.42 Å². The molecule has 0 atom stereocenters. The minimum absolute atomic E-state index is 0.0283. The summed E-state index contributed by atoms with van der Waals surface area (Å²) in [4.78, 5) is 28.3. The van der Waals surface area contributed by atoms with Gasteiger partial charge in [0.2, 0.25) is 15.9 Å². The van der Waals surface area contributed by atoms with Crippen LogP contribution in [0.15, 0.2) is 29.2 Å². The Morgan fingerprint density at radius 1 is 0.931 bits per heavy atom. The lowest BCUT2D eigenvalue weighted by Gasteiger charge is -2.47. The molecule has 0 spiro atoms. The topological polar surface area (TPSA) is 104 Å². The maximum Gasteiger partial charge on any atom is 0.253 e. The van der Waals surface area contributed by atoms with Crippen LogP contribution in [-0.4, -0.2) is 79.6 Å². The van der Waals surface area contributed by atoms with Gasteiger partial charge in [-0.05, 0) is 63.0 Å². The second-order valence-corrected chi connectivity index (χ2v) is 10.2. The van der Waals surface area contributed by atoms with Crippen molar-refractivity contribution in [1.82, 2.24) is 14.1 Å². The van der Waals surface area contributed by atoms with Crippen LogP contribution in [0.2, 0.25) is 0 Å². The van der Waals surface area contributed by atoms with E-state index in [1.165, 1.54) is 16.4 Å². The second-order valence-electron chi connectivity index (χ2n) is 8.21. The predicted octanol–water partition coefficient (Wildman–Crippen LogP) is 0.493. The Morgan fingerprint density at radius 2 is 1.52 bits per heavy atom. The second kappa shape index (κ2) is 8.04. The fraction of sp³-hybridized carbons (Fsp3) is 0.600. The highest BCUT2D eigenvalue weighted by atomic mass is 32.2. The Kier molecular flexibility index (Phi) is 5.63. The summed E-state index contributed by atoms with van der Waals surface area (Å²) >= 11 is 0. The largest absolute Gasteiger partial charge is 0.369 e. The lowest BCUT2D eigenvalue weighted by molar-refractivity contribution is -0.123. The molecule has 3 heterocycles. The Bertz CT molecular complexity index is 866. The van der Waals surface area contributed by atoms with Crippen molar-refractivity contribution in [3.05, 3.63) is 29.8 Å². The van der Waals surface area contributed by atoms with Crippen LogP contribution >= 0.6 is 0 Å². The number of primary amides is 1. The number of likely N-dealkylation sites (tertiary alicyclic amines) is 2. The van der Waals surface area contributed by atoms with E-state index in [1.54, 1.807) is 17.0 Å². The SMILES string of the molecule is NC(=O)C1CCN(C2CN(C(=O)c3ccc(S(=O)(=O)N4CCCC4)cc3)C2)CC1. The monoisotopic (exact) mass is 420 g/mol. The number of carbonyl (C=O) groups excluding carboxylic acids is 2. The Labute approximate surface area is 171 Å². The van der Waals surface area contributed by atoms with Gasteiger partial charge in [-0.1, -0.05) is 0 Å². The van der Waals surface area contributed by atoms with Crippen LogP contribution in [0.25, 0.3) is 0 Å². The molecule has 3 fully saturated rings. The van der Waals surface area contributed by atoms with Gasteiger partial charge in [-0.2, -0.15) is 4.31 Å². The molecule has 1 aromatic rings. The molecule has 4 rings (SSSR count). The molecule has 0 bridgehead atoms. The van der Waals surface area contributed by atoms with Crippen molar-refractivity contribution in [2.45, 2.75) is 36.6 Å². The third kappa shape index (κ3) is 4.04. The van der Waals surface area contributed by atoms with Gasteiger partial charge >= 0.3 is 0 Å². The molecule has 3 saturated heterocycles. The first-order chi connectivity index (χ1) is 13.9. The minimum Gasteiger partial charge on any atom is -0.369 e. The normalized spacial score (nSPS) is 22.6. The number of nitrogens with two attached hydrogens (primary N) is 1. The molecule has 3 aliphatic heterocycles. The molecule has 158 valence electrons. The van der Waals surface area contributed by atoms with Crippen molar-refractivity contribution in [3.8, 4) is 0 Å². The molecule has 2 amide bonds. The van der Waals surface area contributed by atoms with E-state index < -0.39 is 10.0 Å². The predicted molar refractivity (Wildman–Crippen MR) is 108 cm³/mol. The van der Waals surface area contributed by atoms with Crippen molar-refractivity contribution in [2.24, 2.45) is 11.7 Å². The molecule has 0 unspecified atom stereocenters. The molecule has 8 nitrogen and oxygen atoms in total. The first-order valence-corrected chi connectivity index (χ1v) is 11.7. The van der Waals surface area contributed by atoms with E-state index in [9.17, 15) is 18.0 Å². The molecular formula is C20H28N4O4S. The van der Waals surface area contributed by atoms with Crippen molar-refractivity contribution < 1.29 is 18.0 Å². The molecule has 0 radical (unpaired) electrons. The van der Waals surface area contributed by atoms with Crippen molar-refractivity contribution in [1.29, 1.82) is 0 Å².